The molecule has 2 bridgehead atoms. The minimum Gasteiger partial charge on any atom is -0.348 e. The lowest BCUT2D eigenvalue weighted by Gasteiger charge is -2.36. The van der Waals surface area contributed by atoms with E-state index in [2.05, 4.69) is 9.80 Å². The number of hydrogen-bond donors (Lipinski definition) is 0. The van der Waals surface area contributed by atoms with Crippen LogP contribution in [0.15, 0.2) is 18.2 Å². The second kappa shape index (κ2) is 7.75. The van der Waals surface area contributed by atoms with Crippen LogP contribution in [0.4, 0.5) is 17.6 Å². The van der Waals surface area contributed by atoms with E-state index in [1.54, 1.807) is 19.0 Å². The van der Waals surface area contributed by atoms with Gasteiger partial charge in [0, 0.05) is 46.3 Å². The van der Waals surface area contributed by atoms with Crippen molar-refractivity contribution in [3.05, 3.63) is 35.1 Å². The first-order valence-electron chi connectivity index (χ1n) is 9.15. The van der Waals surface area contributed by atoms with Crippen LogP contribution in [-0.4, -0.2) is 66.9 Å². The van der Waals surface area contributed by atoms with Crippen molar-refractivity contribution in [2.24, 2.45) is 5.92 Å². The van der Waals surface area contributed by atoms with Crippen LogP contribution in [0, 0.1) is 11.7 Å². The van der Waals surface area contributed by atoms with Gasteiger partial charge in [-0.05, 0) is 36.5 Å². The number of fused-ring (bicyclic) bond motifs is 4. The number of alkyl halides is 3. The van der Waals surface area contributed by atoms with Crippen LogP contribution >= 0.6 is 0 Å². The highest BCUT2D eigenvalue weighted by atomic mass is 19.4. The molecule has 0 radical (unpaired) electrons. The van der Waals surface area contributed by atoms with Gasteiger partial charge in [0.05, 0.1) is 12.1 Å². The molecule has 0 unspecified atom stereocenters. The maximum Gasteiger partial charge on any atom is 0.419 e. The van der Waals surface area contributed by atoms with E-state index in [0.29, 0.717) is 24.6 Å². The Labute approximate surface area is 156 Å². The molecule has 4 rings (SSSR count). The first-order chi connectivity index (χ1) is 12.6. The number of amides is 1. The van der Waals surface area contributed by atoms with E-state index in [1.165, 1.54) is 6.07 Å². The zero-order chi connectivity index (χ0) is 19.8. The minimum absolute atomic E-state index is 0.0520. The van der Waals surface area contributed by atoms with Crippen molar-refractivity contribution in [1.82, 2.24) is 14.7 Å². The van der Waals surface area contributed by atoms with Crippen LogP contribution in [0.1, 0.15) is 24.0 Å². The Balaban J connectivity index is 1.71. The summed E-state index contributed by atoms with van der Waals surface area (Å²) in [6, 6.07) is 3.44. The second-order valence-electron chi connectivity index (χ2n) is 7.82. The van der Waals surface area contributed by atoms with Crippen LogP contribution in [-0.2, 0) is 17.5 Å². The van der Waals surface area contributed by atoms with E-state index in [4.69, 9.17) is 0 Å². The highest BCUT2D eigenvalue weighted by molar-refractivity contribution is 5.77. The van der Waals surface area contributed by atoms with E-state index in [9.17, 15) is 22.4 Å². The molecule has 3 saturated heterocycles. The summed E-state index contributed by atoms with van der Waals surface area (Å²) in [6.45, 7) is 3.06. The summed E-state index contributed by atoms with van der Waals surface area (Å²) in [5.41, 5.74) is -0.745. The quantitative estimate of drug-likeness (QED) is 0.744. The molecule has 8 heteroatoms. The molecule has 1 aromatic rings. The van der Waals surface area contributed by atoms with Crippen LogP contribution in [0.3, 0.4) is 0 Å². The normalized spacial score (nSPS) is 24.1. The summed E-state index contributed by atoms with van der Waals surface area (Å²) in [5, 5.41) is 0. The van der Waals surface area contributed by atoms with Gasteiger partial charge in [-0.3, -0.25) is 14.6 Å². The number of likely N-dealkylation sites (N-methyl/N-ethyl adjacent to an activating group) is 1. The monoisotopic (exact) mass is 387 g/mol. The number of carbonyl (C=O) groups excluding carboxylic acids is 1. The van der Waals surface area contributed by atoms with E-state index < -0.39 is 17.6 Å². The topological polar surface area (TPSA) is 26.8 Å². The van der Waals surface area contributed by atoms with Gasteiger partial charge in [-0.25, -0.2) is 4.39 Å². The van der Waals surface area contributed by atoms with Gasteiger partial charge in [0.15, 0.2) is 0 Å². The van der Waals surface area contributed by atoms with E-state index in [-0.39, 0.29) is 11.9 Å². The van der Waals surface area contributed by atoms with Crippen molar-refractivity contribution in [3.8, 4) is 0 Å². The highest BCUT2D eigenvalue weighted by Gasteiger charge is 2.37. The molecule has 0 saturated carbocycles. The van der Waals surface area contributed by atoms with Gasteiger partial charge in [0.25, 0.3) is 0 Å². The Hall–Kier alpha value is -1.67. The molecule has 27 heavy (non-hydrogen) atoms. The number of hydrogen-bond acceptors (Lipinski definition) is 3. The standard InChI is InChI=1S/C19H25F4N3O/c1-24(2)18(27)12-25-8-14-3-5-15(11-25)26(10-14)9-13-4-6-17(20)16(7-13)19(21,22)23/h4,6-7,14-15H,3,5,8-12H2,1-2H3/t14-,15+/m1/s1. The van der Waals surface area contributed by atoms with Gasteiger partial charge < -0.3 is 4.90 Å². The number of rotatable bonds is 4. The first kappa shape index (κ1) is 20.1. The first-order valence-corrected chi connectivity index (χ1v) is 9.15. The highest BCUT2D eigenvalue weighted by Crippen LogP contribution is 2.33. The van der Waals surface area contributed by atoms with Gasteiger partial charge >= 0.3 is 6.18 Å². The van der Waals surface area contributed by atoms with Crippen molar-refractivity contribution in [2.75, 3.05) is 40.3 Å². The molecule has 2 atom stereocenters. The molecule has 0 N–H and O–H groups in total. The van der Waals surface area contributed by atoms with Crippen LogP contribution < -0.4 is 0 Å². The Kier molecular flexibility index (Phi) is 5.76. The predicted octanol–water partition coefficient (Wildman–Crippen LogP) is 2.83. The molecule has 1 amide bonds. The fourth-order valence-corrected chi connectivity index (χ4v) is 4.05. The Morgan fingerprint density at radius 2 is 1.93 bits per heavy atom. The Morgan fingerprint density at radius 3 is 2.59 bits per heavy atom. The van der Waals surface area contributed by atoms with Gasteiger partial charge in [0.2, 0.25) is 5.91 Å². The van der Waals surface area contributed by atoms with Crippen LogP contribution in [0.2, 0.25) is 0 Å². The molecule has 3 aliphatic heterocycles. The third kappa shape index (κ3) is 4.79. The number of halogens is 4. The van der Waals surface area contributed by atoms with Crippen molar-refractivity contribution in [1.29, 1.82) is 0 Å². The summed E-state index contributed by atoms with van der Waals surface area (Å²) in [5.74, 6) is -0.797. The third-order valence-electron chi connectivity index (χ3n) is 5.48. The molecular formula is C19H25F4N3O. The summed E-state index contributed by atoms with van der Waals surface area (Å²) in [4.78, 5) is 17.9. The molecule has 0 aliphatic carbocycles. The molecule has 1 aromatic carbocycles. The minimum atomic E-state index is -4.69. The number of benzene rings is 1. The molecule has 3 fully saturated rings. The van der Waals surface area contributed by atoms with E-state index in [0.717, 1.165) is 44.6 Å². The Morgan fingerprint density at radius 1 is 1.19 bits per heavy atom. The summed E-state index contributed by atoms with van der Waals surface area (Å²) < 4.78 is 52.4. The summed E-state index contributed by atoms with van der Waals surface area (Å²) in [6.07, 6.45) is -2.67. The summed E-state index contributed by atoms with van der Waals surface area (Å²) >= 11 is 0. The molecule has 150 valence electrons. The van der Waals surface area contributed by atoms with Crippen LogP contribution in [0.5, 0.6) is 0 Å². The van der Waals surface area contributed by atoms with Crippen LogP contribution in [0.25, 0.3) is 0 Å². The van der Waals surface area contributed by atoms with Gasteiger partial charge in [-0.2, -0.15) is 13.2 Å². The second-order valence-corrected chi connectivity index (χ2v) is 7.82. The van der Waals surface area contributed by atoms with Gasteiger partial charge in [-0.1, -0.05) is 6.07 Å². The zero-order valence-corrected chi connectivity index (χ0v) is 15.6. The van der Waals surface area contributed by atoms with Gasteiger partial charge in [0.1, 0.15) is 5.82 Å². The fraction of sp³-hybridized carbons (Fsp3) is 0.632. The molecule has 4 nitrogen and oxygen atoms in total. The maximum absolute atomic E-state index is 13.5. The number of carbonyl (C=O) groups is 1. The molecule has 0 aromatic heterocycles. The average Bonchev–Trinajstić information content (AvgIpc) is 2.86. The lowest BCUT2D eigenvalue weighted by atomic mass is 9.94. The van der Waals surface area contributed by atoms with Crippen molar-refractivity contribution >= 4 is 5.91 Å². The third-order valence-corrected chi connectivity index (χ3v) is 5.48. The van der Waals surface area contributed by atoms with Crippen molar-refractivity contribution < 1.29 is 22.4 Å². The average molecular weight is 387 g/mol. The zero-order valence-electron chi connectivity index (χ0n) is 15.6. The molecule has 3 heterocycles. The molecule has 0 spiro atoms. The Bertz CT molecular complexity index is 692. The largest absolute Gasteiger partial charge is 0.419 e. The molecule has 3 aliphatic rings. The van der Waals surface area contributed by atoms with E-state index >= 15 is 0 Å². The predicted molar refractivity (Wildman–Crippen MR) is 93.5 cm³/mol. The van der Waals surface area contributed by atoms with Crippen molar-refractivity contribution in [3.63, 3.8) is 0 Å². The van der Waals surface area contributed by atoms with E-state index in [1.807, 2.05) is 0 Å². The summed E-state index contributed by atoms with van der Waals surface area (Å²) in [7, 11) is 3.46. The molecular weight excluding hydrogens is 362 g/mol. The smallest absolute Gasteiger partial charge is 0.348 e. The lowest BCUT2D eigenvalue weighted by molar-refractivity contribution is -0.140. The SMILES string of the molecule is CN(C)C(=O)CN1C[C@H]2CC[C@@H](C1)N(Cc1ccc(F)c(C(F)(F)F)c1)C2. The fourth-order valence-electron chi connectivity index (χ4n) is 4.05. The maximum atomic E-state index is 13.5. The van der Waals surface area contributed by atoms with Gasteiger partial charge in [-0.15, -0.1) is 0 Å². The van der Waals surface area contributed by atoms with Crippen molar-refractivity contribution in [2.45, 2.75) is 31.6 Å². The number of nitrogens with zero attached hydrogens (tertiary/aromatic N) is 3. The number of piperidine rings is 1. The lowest BCUT2D eigenvalue weighted by Crippen LogP contribution is -2.44.